The van der Waals surface area contributed by atoms with Crippen LogP contribution in [0.3, 0.4) is 0 Å². The summed E-state index contributed by atoms with van der Waals surface area (Å²) in [6.45, 7) is 4.59. The molecule has 7 nitrogen and oxygen atoms in total. The van der Waals surface area contributed by atoms with E-state index in [2.05, 4.69) is 14.7 Å². The summed E-state index contributed by atoms with van der Waals surface area (Å²) in [5.41, 5.74) is 3.53. The number of aryl methyl sites for hydroxylation is 2. The van der Waals surface area contributed by atoms with E-state index in [1.165, 1.54) is 12.1 Å². The number of likely N-dealkylation sites (tertiary alicyclic amines) is 1. The number of nitrogens with one attached hydrogen (secondary N) is 1. The van der Waals surface area contributed by atoms with Gasteiger partial charge in [-0.1, -0.05) is 11.6 Å². The average Bonchev–Trinajstić information content (AvgIpc) is 3.12. The summed E-state index contributed by atoms with van der Waals surface area (Å²) in [6, 6.07) is 13.8. The van der Waals surface area contributed by atoms with Crippen LogP contribution >= 0.6 is 0 Å². The molecule has 1 aromatic heterocycles. The molecule has 1 N–H and O–H groups in total. The molecule has 1 saturated heterocycles. The molecule has 3 aromatic rings. The van der Waals surface area contributed by atoms with Gasteiger partial charge in [-0.15, -0.1) is 4.40 Å². The first-order valence-electron chi connectivity index (χ1n) is 10.1. The lowest BCUT2D eigenvalue weighted by molar-refractivity contribution is 0.102. The first kappa shape index (κ1) is 21.0. The first-order chi connectivity index (χ1) is 14.7. The van der Waals surface area contributed by atoms with E-state index in [9.17, 15) is 13.2 Å². The second kappa shape index (κ2) is 8.11. The van der Waals surface area contributed by atoms with Gasteiger partial charge in [-0.05, 0) is 62.7 Å². The fraction of sp³-hybridized carbons (Fsp3) is 0.261. The number of aromatic nitrogens is 1. The third-order valence-electron chi connectivity index (χ3n) is 5.38. The molecule has 160 valence electrons. The Morgan fingerprint density at radius 1 is 1.10 bits per heavy atom. The summed E-state index contributed by atoms with van der Waals surface area (Å²) in [5, 5.41) is 3.72. The molecule has 0 bridgehead atoms. The smallest absolute Gasteiger partial charge is 0.283 e. The summed E-state index contributed by atoms with van der Waals surface area (Å²) >= 11 is 0. The van der Waals surface area contributed by atoms with Crippen molar-refractivity contribution in [1.82, 2.24) is 9.88 Å². The third-order valence-corrected chi connectivity index (χ3v) is 6.69. The number of amides is 1. The van der Waals surface area contributed by atoms with Crippen molar-refractivity contribution in [1.29, 1.82) is 0 Å². The van der Waals surface area contributed by atoms with E-state index >= 15 is 0 Å². The fourth-order valence-electron chi connectivity index (χ4n) is 3.63. The SMILES string of the molecule is Cc1ccc2nc(C)c(C(=O)Nc3ccc(S(=O)(=O)N=C4CCCN4C)cc3)cc2c1. The van der Waals surface area contributed by atoms with Gasteiger partial charge >= 0.3 is 0 Å². The number of amidine groups is 1. The quantitative estimate of drug-likeness (QED) is 0.669. The lowest BCUT2D eigenvalue weighted by atomic mass is 10.1. The average molecular weight is 437 g/mol. The molecule has 31 heavy (non-hydrogen) atoms. The van der Waals surface area contributed by atoms with E-state index in [1.807, 2.05) is 43.1 Å². The number of hydrogen-bond acceptors (Lipinski definition) is 4. The number of carbonyl (C=O) groups excluding carboxylic acids is 1. The van der Waals surface area contributed by atoms with Gasteiger partial charge in [0.1, 0.15) is 5.84 Å². The number of pyridine rings is 1. The Balaban J connectivity index is 1.55. The zero-order valence-corrected chi connectivity index (χ0v) is 18.5. The normalized spacial score (nSPS) is 15.6. The molecule has 4 rings (SSSR count). The zero-order valence-electron chi connectivity index (χ0n) is 17.7. The van der Waals surface area contributed by atoms with Crippen LogP contribution in [0.4, 0.5) is 5.69 Å². The number of sulfonamides is 1. The molecular formula is C23H24N4O3S. The van der Waals surface area contributed by atoms with Crippen LogP contribution in [0.2, 0.25) is 0 Å². The van der Waals surface area contributed by atoms with Gasteiger partial charge < -0.3 is 10.2 Å². The molecule has 0 aliphatic carbocycles. The number of hydrogen-bond donors (Lipinski definition) is 1. The van der Waals surface area contributed by atoms with E-state index in [4.69, 9.17) is 0 Å². The van der Waals surface area contributed by atoms with E-state index < -0.39 is 10.0 Å². The molecule has 1 aliphatic rings. The highest BCUT2D eigenvalue weighted by molar-refractivity contribution is 7.90. The maximum atomic E-state index is 12.8. The van der Waals surface area contributed by atoms with Crippen molar-refractivity contribution in [2.45, 2.75) is 31.6 Å². The first-order valence-corrected chi connectivity index (χ1v) is 11.5. The van der Waals surface area contributed by atoms with Crippen LogP contribution in [-0.2, 0) is 10.0 Å². The Bertz CT molecular complexity index is 1300. The van der Waals surface area contributed by atoms with E-state index in [-0.39, 0.29) is 10.8 Å². The van der Waals surface area contributed by atoms with Crippen LogP contribution in [0.5, 0.6) is 0 Å². The van der Waals surface area contributed by atoms with Crippen molar-refractivity contribution in [3.05, 3.63) is 65.4 Å². The lowest BCUT2D eigenvalue weighted by Gasteiger charge is -2.11. The van der Waals surface area contributed by atoms with Crippen LogP contribution < -0.4 is 5.32 Å². The summed E-state index contributed by atoms with van der Waals surface area (Å²) < 4.78 is 29.1. The second-order valence-corrected chi connectivity index (χ2v) is 9.41. The Kier molecular flexibility index (Phi) is 5.49. The highest BCUT2D eigenvalue weighted by Gasteiger charge is 2.20. The summed E-state index contributed by atoms with van der Waals surface area (Å²) in [4.78, 5) is 19.3. The number of carbonyl (C=O) groups is 1. The maximum absolute atomic E-state index is 12.8. The molecule has 0 atom stereocenters. The maximum Gasteiger partial charge on any atom is 0.283 e. The van der Waals surface area contributed by atoms with Crippen molar-refractivity contribution in [3.8, 4) is 0 Å². The Morgan fingerprint density at radius 2 is 1.84 bits per heavy atom. The van der Waals surface area contributed by atoms with E-state index in [1.54, 1.807) is 19.1 Å². The van der Waals surface area contributed by atoms with Gasteiger partial charge in [0.05, 0.1) is 21.7 Å². The van der Waals surface area contributed by atoms with Crippen LogP contribution in [0.25, 0.3) is 10.9 Å². The number of benzene rings is 2. The molecule has 1 aliphatic heterocycles. The van der Waals surface area contributed by atoms with Gasteiger partial charge in [0.15, 0.2) is 0 Å². The van der Waals surface area contributed by atoms with Crippen molar-refractivity contribution in [3.63, 3.8) is 0 Å². The monoisotopic (exact) mass is 436 g/mol. The minimum Gasteiger partial charge on any atom is -0.362 e. The zero-order chi connectivity index (χ0) is 22.2. The van der Waals surface area contributed by atoms with Gasteiger partial charge in [0.25, 0.3) is 15.9 Å². The van der Waals surface area contributed by atoms with Crippen LogP contribution in [-0.4, -0.2) is 43.6 Å². The minimum atomic E-state index is -3.79. The van der Waals surface area contributed by atoms with Crippen molar-refractivity contribution in [2.75, 3.05) is 18.9 Å². The summed E-state index contributed by atoms with van der Waals surface area (Å²) in [6.07, 6.45) is 1.56. The second-order valence-electron chi connectivity index (χ2n) is 7.80. The third kappa shape index (κ3) is 4.44. The molecule has 0 spiro atoms. The van der Waals surface area contributed by atoms with E-state index in [0.717, 1.165) is 29.4 Å². The molecule has 0 unspecified atom stereocenters. The largest absolute Gasteiger partial charge is 0.362 e. The predicted octanol–water partition coefficient (Wildman–Crippen LogP) is 3.92. The van der Waals surface area contributed by atoms with Gasteiger partial charge in [0, 0.05) is 31.1 Å². The van der Waals surface area contributed by atoms with Gasteiger partial charge in [-0.2, -0.15) is 8.42 Å². The summed E-state index contributed by atoms with van der Waals surface area (Å²) in [7, 11) is -1.95. The number of fused-ring (bicyclic) bond motifs is 1. The topological polar surface area (TPSA) is 91.7 Å². The number of anilines is 1. The molecule has 2 heterocycles. The molecule has 1 amide bonds. The molecule has 2 aromatic carbocycles. The number of nitrogens with zero attached hydrogens (tertiary/aromatic N) is 3. The van der Waals surface area contributed by atoms with Crippen molar-refractivity contribution in [2.24, 2.45) is 4.40 Å². The Hall–Kier alpha value is -3.26. The molecule has 8 heteroatoms. The highest BCUT2D eigenvalue weighted by atomic mass is 32.2. The van der Waals surface area contributed by atoms with Crippen molar-refractivity contribution < 1.29 is 13.2 Å². The van der Waals surface area contributed by atoms with Gasteiger partial charge in [0.2, 0.25) is 0 Å². The van der Waals surface area contributed by atoms with E-state index in [0.29, 0.717) is 29.2 Å². The molecular weight excluding hydrogens is 412 g/mol. The van der Waals surface area contributed by atoms with Gasteiger partial charge in [-0.3, -0.25) is 9.78 Å². The minimum absolute atomic E-state index is 0.0947. The summed E-state index contributed by atoms with van der Waals surface area (Å²) in [5.74, 6) is 0.281. The molecule has 1 fully saturated rings. The van der Waals surface area contributed by atoms with Gasteiger partial charge in [-0.25, -0.2) is 0 Å². The molecule has 0 radical (unpaired) electrons. The van der Waals surface area contributed by atoms with Crippen LogP contribution in [0, 0.1) is 13.8 Å². The number of rotatable bonds is 4. The molecule has 0 saturated carbocycles. The fourth-order valence-corrected chi connectivity index (χ4v) is 4.73. The van der Waals surface area contributed by atoms with Crippen molar-refractivity contribution >= 4 is 38.4 Å². The Morgan fingerprint density at radius 3 is 2.52 bits per heavy atom. The predicted molar refractivity (Wildman–Crippen MR) is 122 cm³/mol. The Labute approximate surface area is 181 Å². The highest BCUT2D eigenvalue weighted by Crippen LogP contribution is 2.22. The standard InChI is InChI=1S/C23H24N4O3S/c1-15-6-11-21-17(13-15)14-20(16(2)24-21)23(28)25-18-7-9-19(10-8-18)31(29,30)26-22-5-4-12-27(22)3/h6-11,13-14H,4-5,12H2,1-3H3,(H,25,28). The van der Waals surface area contributed by atoms with Crippen LogP contribution in [0.1, 0.15) is 34.5 Å². The van der Waals surface area contributed by atoms with Crippen LogP contribution in [0.15, 0.2) is 57.8 Å². The lowest BCUT2D eigenvalue weighted by Crippen LogP contribution is -2.20.